The van der Waals surface area contributed by atoms with Gasteiger partial charge in [-0.2, -0.15) is 0 Å². The standard InChI is InChI=1S/C13H19NO3/c1-13(2,3)17-12(15)7-9-16-10-11-6-4-5-8-14-11/h4-6,8H,7,9-10H2,1-3H3. The number of nitrogens with zero attached hydrogens (tertiary/aromatic N) is 1. The Balaban J connectivity index is 2.14. The van der Waals surface area contributed by atoms with Gasteiger partial charge in [0.05, 0.1) is 25.3 Å². The van der Waals surface area contributed by atoms with Crippen molar-refractivity contribution in [1.29, 1.82) is 0 Å². The van der Waals surface area contributed by atoms with Crippen LogP contribution in [0.3, 0.4) is 0 Å². The number of pyridine rings is 1. The first-order chi connectivity index (χ1) is 7.97. The van der Waals surface area contributed by atoms with E-state index in [2.05, 4.69) is 4.98 Å². The number of aromatic nitrogens is 1. The molecule has 1 rings (SSSR count). The molecule has 94 valence electrons. The topological polar surface area (TPSA) is 48.4 Å². The molecule has 0 saturated carbocycles. The van der Waals surface area contributed by atoms with Gasteiger partial charge in [-0.05, 0) is 32.9 Å². The molecule has 0 aliphatic rings. The average Bonchev–Trinajstić information content (AvgIpc) is 2.23. The van der Waals surface area contributed by atoms with Gasteiger partial charge in [-0.1, -0.05) is 6.07 Å². The quantitative estimate of drug-likeness (QED) is 0.582. The third-order valence-corrected chi connectivity index (χ3v) is 1.85. The number of ether oxygens (including phenoxy) is 2. The van der Waals surface area contributed by atoms with Gasteiger partial charge in [-0.25, -0.2) is 0 Å². The number of carbonyl (C=O) groups is 1. The van der Waals surface area contributed by atoms with E-state index in [1.807, 2.05) is 39.0 Å². The number of carbonyl (C=O) groups excluding carboxylic acids is 1. The molecule has 0 radical (unpaired) electrons. The molecule has 0 spiro atoms. The summed E-state index contributed by atoms with van der Waals surface area (Å²) in [6.45, 7) is 6.31. The Labute approximate surface area is 102 Å². The number of esters is 1. The van der Waals surface area contributed by atoms with Crippen molar-refractivity contribution in [3.8, 4) is 0 Å². The first-order valence-corrected chi connectivity index (χ1v) is 5.67. The van der Waals surface area contributed by atoms with Crippen LogP contribution in [0.4, 0.5) is 0 Å². The number of hydrogen-bond acceptors (Lipinski definition) is 4. The molecule has 0 bridgehead atoms. The Morgan fingerprint density at radius 3 is 2.71 bits per heavy atom. The Morgan fingerprint density at radius 2 is 2.12 bits per heavy atom. The summed E-state index contributed by atoms with van der Waals surface area (Å²) in [5, 5.41) is 0. The number of rotatable bonds is 5. The minimum atomic E-state index is -0.432. The average molecular weight is 237 g/mol. The van der Waals surface area contributed by atoms with Crippen molar-refractivity contribution in [3.05, 3.63) is 30.1 Å². The summed E-state index contributed by atoms with van der Waals surface area (Å²) in [4.78, 5) is 15.5. The van der Waals surface area contributed by atoms with Crippen LogP contribution < -0.4 is 0 Å². The first-order valence-electron chi connectivity index (χ1n) is 5.67. The van der Waals surface area contributed by atoms with Crippen molar-refractivity contribution in [1.82, 2.24) is 4.98 Å². The summed E-state index contributed by atoms with van der Waals surface area (Å²) >= 11 is 0. The Kier molecular flexibility index (Phi) is 5.10. The molecule has 4 nitrogen and oxygen atoms in total. The third kappa shape index (κ3) is 6.68. The normalized spacial score (nSPS) is 11.2. The summed E-state index contributed by atoms with van der Waals surface area (Å²) in [6.07, 6.45) is 1.98. The highest BCUT2D eigenvalue weighted by Crippen LogP contribution is 2.08. The summed E-state index contributed by atoms with van der Waals surface area (Å²) in [5.74, 6) is -0.237. The highest BCUT2D eigenvalue weighted by atomic mass is 16.6. The molecule has 0 aliphatic carbocycles. The fourth-order valence-electron chi connectivity index (χ4n) is 1.21. The highest BCUT2D eigenvalue weighted by molar-refractivity contribution is 5.69. The molecule has 0 aromatic carbocycles. The van der Waals surface area contributed by atoms with Crippen LogP contribution in [-0.4, -0.2) is 23.2 Å². The molecule has 17 heavy (non-hydrogen) atoms. The van der Waals surface area contributed by atoms with Crippen LogP contribution in [0, 0.1) is 0 Å². The fraction of sp³-hybridized carbons (Fsp3) is 0.538. The van der Waals surface area contributed by atoms with Gasteiger partial charge < -0.3 is 9.47 Å². The second kappa shape index (κ2) is 6.35. The second-order valence-electron chi connectivity index (χ2n) is 4.71. The van der Waals surface area contributed by atoms with Crippen molar-refractivity contribution < 1.29 is 14.3 Å². The van der Waals surface area contributed by atoms with Crippen LogP contribution in [0.5, 0.6) is 0 Å². The maximum atomic E-state index is 11.4. The molecule has 0 fully saturated rings. The van der Waals surface area contributed by atoms with Gasteiger partial charge in [0.1, 0.15) is 5.60 Å². The monoisotopic (exact) mass is 237 g/mol. The van der Waals surface area contributed by atoms with Crippen molar-refractivity contribution in [2.24, 2.45) is 0 Å². The lowest BCUT2D eigenvalue weighted by atomic mass is 10.2. The lowest BCUT2D eigenvalue weighted by Crippen LogP contribution is -2.24. The van der Waals surface area contributed by atoms with Crippen LogP contribution in [0.15, 0.2) is 24.4 Å². The van der Waals surface area contributed by atoms with E-state index in [9.17, 15) is 4.79 Å². The molecule has 1 aromatic heterocycles. The molecule has 0 N–H and O–H groups in total. The Bertz CT molecular complexity index is 343. The number of hydrogen-bond donors (Lipinski definition) is 0. The fourth-order valence-corrected chi connectivity index (χ4v) is 1.21. The van der Waals surface area contributed by atoms with Gasteiger partial charge in [-0.15, -0.1) is 0 Å². The zero-order valence-corrected chi connectivity index (χ0v) is 10.6. The van der Waals surface area contributed by atoms with E-state index >= 15 is 0 Å². The van der Waals surface area contributed by atoms with Crippen LogP contribution >= 0.6 is 0 Å². The van der Waals surface area contributed by atoms with Crippen molar-refractivity contribution >= 4 is 5.97 Å². The van der Waals surface area contributed by atoms with E-state index in [0.717, 1.165) is 5.69 Å². The van der Waals surface area contributed by atoms with E-state index in [1.165, 1.54) is 0 Å². The molecule has 4 heteroatoms. The smallest absolute Gasteiger partial charge is 0.308 e. The molecule has 0 atom stereocenters. The highest BCUT2D eigenvalue weighted by Gasteiger charge is 2.15. The van der Waals surface area contributed by atoms with Gasteiger partial charge in [0.2, 0.25) is 0 Å². The van der Waals surface area contributed by atoms with E-state index in [4.69, 9.17) is 9.47 Å². The van der Waals surface area contributed by atoms with Gasteiger partial charge in [0.15, 0.2) is 0 Å². The zero-order valence-electron chi connectivity index (χ0n) is 10.6. The van der Waals surface area contributed by atoms with Crippen LogP contribution in [0.1, 0.15) is 32.9 Å². The van der Waals surface area contributed by atoms with Gasteiger partial charge in [0.25, 0.3) is 0 Å². The predicted octanol–water partition coefficient (Wildman–Crippen LogP) is 2.33. The zero-order chi connectivity index (χ0) is 12.7. The molecular formula is C13H19NO3. The summed E-state index contributed by atoms with van der Waals surface area (Å²) < 4.78 is 10.5. The maximum Gasteiger partial charge on any atom is 0.308 e. The van der Waals surface area contributed by atoms with Gasteiger partial charge >= 0.3 is 5.97 Å². The third-order valence-electron chi connectivity index (χ3n) is 1.85. The van der Waals surface area contributed by atoms with E-state index < -0.39 is 5.60 Å². The Morgan fingerprint density at radius 1 is 1.35 bits per heavy atom. The van der Waals surface area contributed by atoms with Crippen LogP contribution in [0.25, 0.3) is 0 Å². The molecule has 0 saturated heterocycles. The summed E-state index contributed by atoms with van der Waals surface area (Å²) in [7, 11) is 0. The van der Waals surface area contributed by atoms with E-state index in [0.29, 0.717) is 13.2 Å². The molecule has 0 aliphatic heterocycles. The molecule has 1 heterocycles. The van der Waals surface area contributed by atoms with Crippen molar-refractivity contribution in [2.45, 2.75) is 39.4 Å². The minimum Gasteiger partial charge on any atom is -0.460 e. The molecular weight excluding hydrogens is 218 g/mol. The Hall–Kier alpha value is -1.42. The minimum absolute atomic E-state index is 0.237. The van der Waals surface area contributed by atoms with E-state index in [-0.39, 0.29) is 12.4 Å². The molecule has 0 unspecified atom stereocenters. The predicted molar refractivity (Wildman–Crippen MR) is 64.4 cm³/mol. The van der Waals surface area contributed by atoms with Crippen molar-refractivity contribution in [2.75, 3.05) is 6.61 Å². The maximum absolute atomic E-state index is 11.4. The summed E-state index contributed by atoms with van der Waals surface area (Å²) in [5.41, 5.74) is 0.426. The van der Waals surface area contributed by atoms with Gasteiger partial charge in [-0.3, -0.25) is 9.78 Å². The molecule has 1 aromatic rings. The molecule has 0 amide bonds. The second-order valence-corrected chi connectivity index (χ2v) is 4.71. The SMILES string of the molecule is CC(C)(C)OC(=O)CCOCc1ccccn1. The van der Waals surface area contributed by atoms with E-state index in [1.54, 1.807) is 6.20 Å². The lowest BCUT2D eigenvalue weighted by molar-refractivity contribution is -0.156. The van der Waals surface area contributed by atoms with Gasteiger partial charge in [0, 0.05) is 6.20 Å². The summed E-state index contributed by atoms with van der Waals surface area (Å²) in [6, 6.07) is 5.64. The van der Waals surface area contributed by atoms with Crippen molar-refractivity contribution in [3.63, 3.8) is 0 Å². The van der Waals surface area contributed by atoms with Crippen LogP contribution in [0.2, 0.25) is 0 Å². The van der Waals surface area contributed by atoms with Crippen LogP contribution in [-0.2, 0) is 20.9 Å². The first kappa shape index (κ1) is 13.6. The lowest BCUT2D eigenvalue weighted by Gasteiger charge is -2.19. The largest absolute Gasteiger partial charge is 0.460 e.